The van der Waals surface area contributed by atoms with Gasteiger partial charge in [-0.1, -0.05) is 41.2 Å². The monoisotopic (exact) mass is 509 g/mol. The number of likely N-dealkylation sites (tertiary alicyclic amines) is 1. The molecule has 2 aliphatic rings. The van der Waals surface area contributed by atoms with Crippen LogP contribution in [0.5, 0.6) is 0 Å². The molecular weight excluding hydrogens is 482 g/mol. The first kappa shape index (κ1) is 23.7. The minimum Gasteiger partial charge on any atom is -0.477 e. The zero-order valence-corrected chi connectivity index (χ0v) is 21.4. The Labute approximate surface area is 211 Å². The van der Waals surface area contributed by atoms with E-state index >= 15 is 0 Å². The van der Waals surface area contributed by atoms with Gasteiger partial charge in [0.05, 0.1) is 9.88 Å². The normalized spacial score (nSPS) is 20.5. The lowest BCUT2D eigenvalue weighted by Gasteiger charge is -2.26. The Hall–Kier alpha value is -3.08. The van der Waals surface area contributed by atoms with Crippen LogP contribution >= 0.6 is 22.7 Å². The Balaban J connectivity index is 0.000000178. The zero-order valence-electron chi connectivity index (χ0n) is 19.8. The number of aromatic carboxylic acids is 1. The minimum atomic E-state index is -0.886. The molecule has 1 aromatic carbocycles. The summed E-state index contributed by atoms with van der Waals surface area (Å²) in [6, 6.07) is 8.85. The summed E-state index contributed by atoms with van der Waals surface area (Å²) >= 11 is 2.79. The molecule has 3 N–H and O–H groups in total. The molecule has 1 saturated heterocycles. The fourth-order valence-corrected chi connectivity index (χ4v) is 6.69. The Kier molecular flexibility index (Phi) is 6.20. The van der Waals surface area contributed by atoms with Crippen LogP contribution in [0.2, 0.25) is 0 Å². The third-order valence-electron chi connectivity index (χ3n) is 6.62. The molecule has 0 spiro atoms. The number of imidazole rings is 1. The lowest BCUT2D eigenvalue weighted by Crippen LogP contribution is -2.42. The summed E-state index contributed by atoms with van der Waals surface area (Å²) in [5.74, 6) is -0.163. The highest BCUT2D eigenvalue weighted by Crippen LogP contribution is 2.48. The highest BCUT2D eigenvalue weighted by atomic mass is 32.1. The number of carbonyl (C=O) groups is 2. The Morgan fingerprint density at radius 3 is 2.69 bits per heavy atom. The van der Waals surface area contributed by atoms with Crippen molar-refractivity contribution < 1.29 is 14.7 Å². The van der Waals surface area contributed by atoms with Gasteiger partial charge in [-0.3, -0.25) is 9.20 Å². The van der Waals surface area contributed by atoms with Gasteiger partial charge in [-0.15, -0.1) is 11.3 Å². The maximum Gasteiger partial charge on any atom is 0.347 e. The van der Waals surface area contributed by atoms with Crippen LogP contribution in [0.15, 0.2) is 36.7 Å². The number of aryl methyl sites for hydroxylation is 3. The second-order valence-corrected chi connectivity index (χ2v) is 11.3. The summed E-state index contributed by atoms with van der Waals surface area (Å²) in [4.78, 5) is 36.5. The molecule has 2 fully saturated rings. The summed E-state index contributed by atoms with van der Waals surface area (Å²) < 4.78 is 1.77. The number of aromatic nitrogens is 3. The van der Waals surface area contributed by atoms with Gasteiger partial charge in [-0.2, -0.15) is 0 Å². The van der Waals surface area contributed by atoms with Crippen LogP contribution in [0.25, 0.3) is 15.4 Å². The summed E-state index contributed by atoms with van der Waals surface area (Å²) in [7, 11) is 0. The fourth-order valence-electron chi connectivity index (χ4n) is 4.86. The van der Waals surface area contributed by atoms with Crippen molar-refractivity contribution in [3.05, 3.63) is 63.5 Å². The molecule has 35 heavy (non-hydrogen) atoms. The van der Waals surface area contributed by atoms with E-state index in [4.69, 9.17) is 10.8 Å². The van der Waals surface area contributed by atoms with E-state index in [1.165, 1.54) is 16.9 Å². The van der Waals surface area contributed by atoms with Crippen molar-refractivity contribution >= 4 is 39.5 Å². The van der Waals surface area contributed by atoms with E-state index in [1.54, 1.807) is 35.1 Å². The number of fused-ring (bicyclic) bond motifs is 2. The van der Waals surface area contributed by atoms with Crippen LogP contribution in [0.1, 0.15) is 49.3 Å². The number of carbonyl (C=O) groups excluding carboxylic acids is 1. The first-order chi connectivity index (χ1) is 16.8. The van der Waals surface area contributed by atoms with E-state index in [1.807, 2.05) is 17.9 Å². The number of carboxylic acids is 1. The maximum absolute atomic E-state index is 13.2. The molecule has 4 heterocycles. The molecule has 4 aromatic rings. The number of carboxylic acid groups (broad SMARTS) is 1. The first-order valence-electron chi connectivity index (χ1n) is 11.5. The number of rotatable bonds is 4. The molecule has 0 bridgehead atoms. The molecule has 0 unspecified atom stereocenters. The van der Waals surface area contributed by atoms with Crippen LogP contribution in [-0.2, 0) is 0 Å². The topological polar surface area (TPSA) is 114 Å². The van der Waals surface area contributed by atoms with Crippen LogP contribution in [-0.4, -0.2) is 54.9 Å². The molecule has 3 atom stereocenters. The number of thiazole rings is 2. The molecule has 6 rings (SSSR count). The van der Waals surface area contributed by atoms with Gasteiger partial charge in [0.25, 0.3) is 5.91 Å². The second kappa shape index (κ2) is 9.18. The third-order valence-corrected chi connectivity index (χ3v) is 8.80. The molecule has 10 heteroatoms. The van der Waals surface area contributed by atoms with Gasteiger partial charge in [-0.25, -0.2) is 14.8 Å². The molecule has 1 saturated carbocycles. The largest absolute Gasteiger partial charge is 0.477 e. The van der Waals surface area contributed by atoms with Gasteiger partial charge < -0.3 is 15.7 Å². The predicted octanol–water partition coefficient (Wildman–Crippen LogP) is 4.39. The van der Waals surface area contributed by atoms with Crippen molar-refractivity contribution in [3.63, 3.8) is 0 Å². The van der Waals surface area contributed by atoms with Crippen molar-refractivity contribution in [1.29, 1.82) is 0 Å². The van der Waals surface area contributed by atoms with Crippen LogP contribution in [0.3, 0.4) is 0 Å². The van der Waals surface area contributed by atoms with Gasteiger partial charge in [0.2, 0.25) is 0 Å². The first-order valence-corrected chi connectivity index (χ1v) is 13.1. The molecule has 1 amide bonds. The molecule has 0 radical (unpaired) electrons. The summed E-state index contributed by atoms with van der Waals surface area (Å²) in [5, 5.41) is 9.69. The molecule has 3 aromatic heterocycles. The van der Waals surface area contributed by atoms with Crippen molar-refractivity contribution in [1.82, 2.24) is 19.3 Å². The molecule has 182 valence electrons. The maximum atomic E-state index is 13.2. The quantitative estimate of drug-likeness (QED) is 0.422. The van der Waals surface area contributed by atoms with Crippen molar-refractivity contribution in [2.24, 2.45) is 11.7 Å². The van der Waals surface area contributed by atoms with E-state index in [2.05, 4.69) is 35.1 Å². The predicted molar refractivity (Wildman–Crippen MR) is 137 cm³/mol. The smallest absolute Gasteiger partial charge is 0.347 e. The highest BCUT2D eigenvalue weighted by molar-refractivity contribution is 7.19. The van der Waals surface area contributed by atoms with E-state index in [9.17, 15) is 9.59 Å². The summed E-state index contributed by atoms with van der Waals surface area (Å²) in [6.07, 6.45) is 5.60. The van der Waals surface area contributed by atoms with Crippen LogP contribution in [0, 0.1) is 26.7 Å². The van der Waals surface area contributed by atoms with Crippen molar-refractivity contribution in [2.75, 3.05) is 6.54 Å². The molecule has 1 aliphatic carbocycles. The van der Waals surface area contributed by atoms with Gasteiger partial charge in [0.15, 0.2) is 4.96 Å². The van der Waals surface area contributed by atoms with Crippen molar-refractivity contribution in [3.8, 4) is 10.4 Å². The van der Waals surface area contributed by atoms with Gasteiger partial charge in [-0.05, 0) is 45.1 Å². The SMILES string of the molecule is Cc1c(C(=O)O)sc2nccn12.Cc1cccc(-c2sc(C)nc2C(=O)N2[C@H](CN)C[C@@H]3C[C@@H]32)c1. The number of hydrogen-bond acceptors (Lipinski definition) is 7. The van der Waals surface area contributed by atoms with Crippen molar-refractivity contribution in [2.45, 2.75) is 45.7 Å². The van der Waals surface area contributed by atoms with Crippen LogP contribution in [0.4, 0.5) is 0 Å². The van der Waals surface area contributed by atoms with Crippen LogP contribution < -0.4 is 5.73 Å². The third kappa shape index (κ3) is 4.37. The fraction of sp³-hybridized carbons (Fsp3) is 0.360. The average molecular weight is 510 g/mol. The summed E-state index contributed by atoms with van der Waals surface area (Å²) in [5.41, 5.74) is 9.49. The number of nitrogens with two attached hydrogens (primary N) is 1. The standard InChI is InChI=1S/C18H21N3OS.C7H6N2O2S/c1-10-4-3-5-12(6-10)17-16(20-11(2)23-17)18(22)21-14(9-19)7-13-8-15(13)21;1-4-5(6(10)11)12-7-8-2-3-9(4)7/h3-6,13-15H,7-9,19H2,1-2H3;2-3H,1H3,(H,10,11)/t13-,14+,15+;/m1./s1. The highest BCUT2D eigenvalue weighted by Gasteiger charge is 2.54. The zero-order chi connectivity index (χ0) is 24.9. The Bertz CT molecular complexity index is 1420. The van der Waals surface area contributed by atoms with E-state index in [0.29, 0.717) is 29.1 Å². The minimum absolute atomic E-state index is 0.0614. The average Bonchev–Trinajstić information content (AvgIpc) is 3.21. The number of piperidine rings is 1. The Morgan fingerprint density at radius 2 is 2.00 bits per heavy atom. The van der Waals surface area contributed by atoms with Gasteiger partial charge in [0, 0.05) is 36.7 Å². The number of hydrogen-bond donors (Lipinski definition) is 2. The molecule has 1 aliphatic heterocycles. The number of nitrogens with zero attached hydrogens (tertiary/aromatic N) is 4. The number of amides is 1. The molecule has 8 nitrogen and oxygen atoms in total. The molecular formula is C25H27N5O3S2. The Morgan fingerprint density at radius 1 is 1.20 bits per heavy atom. The number of benzene rings is 1. The second-order valence-electron chi connectivity index (χ2n) is 9.08. The lowest BCUT2D eigenvalue weighted by atomic mass is 10.1. The summed E-state index contributed by atoms with van der Waals surface area (Å²) in [6.45, 7) is 6.35. The lowest BCUT2D eigenvalue weighted by molar-refractivity contribution is 0.0691. The van der Waals surface area contributed by atoms with E-state index < -0.39 is 5.97 Å². The van der Waals surface area contributed by atoms with Gasteiger partial charge in [0.1, 0.15) is 10.6 Å². The van der Waals surface area contributed by atoms with E-state index in [-0.39, 0.29) is 11.9 Å². The van der Waals surface area contributed by atoms with Gasteiger partial charge >= 0.3 is 5.97 Å². The van der Waals surface area contributed by atoms with E-state index in [0.717, 1.165) is 38.9 Å².